The van der Waals surface area contributed by atoms with Gasteiger partial charge in [0.2, 0.25) is 5.91 Å². The van der Waals surface area contributed by atoms with Gasteiger partial charge in [-0.15, -0.1) is 5.10 Å². The zero-order valence-electron chi connectivity index (χ0n) is 16.3. The molecule has 150 valence electrons. The Morgan fingerprint density at radius 2 is 1.97 bits per heavy atom. The third kappa shape index (κ3) is 4.52. The van der Waals surface area contributed by atoms with Crippen molar-refractivity contribution in [1.29, 1.82) is 0 Å². The number of carbonyl (C=O) groups is 2. The van der Waals surface area contributed by atoms with E-state index in [9.17, 15) is 9.59 Å². The molecule has 0 radical (unpaired) electrons. The standard InChI is InChI=1S/C22H20N6O2/c29-21-8-1-2-14-27(21)19-11-9-17(10-12-19)5-4-13-23-22(30)18-6-3-7-20(15-18)28-16-24-25-26-28/h3,6-7,9-12,15-16H,1-2,8,13-14H2,(H,23,30). The van der Waals surface area contributed by atoms with Crippen molar-refractivity contribution in [3.63, 3.8) is 0 Å². The molecule has 1 aromatic heterocycles. The van der Waals surface area contributed by atoms with Gasteiger partial charge >= 0.3 is 0 Å². The lowest BCUT2D eigenvalue weighted by Gasteiger charge is -2.26. The normalized spacial score (nSPS) is 13.5. The number of benzene rings is 2. The maximum absolute atomic E-state index is 12.4. The van der Waals surface area contributed by atoms with E-state index in [1.165, 1.54) is 11.0 Å². The Kier molecular flexibility index (Phi) is 5.80. The van der Waals surface area contributed by atoms with Crippen LogP contribution in [-0.4, -0.2) is 45.1 Å². The molecule has 0 saturated carbocycles. The monoisotopic (exact) mass is 400 g/mol. The van der Waals surface area contributed by atoms with Gasteiger partial charge in [0.1, 0.15) is 6.33 Å². The van der Waals surface area contributed by atoms with Crippen LogP contribution in [0.5, 0.6) is 0 Å². The molecule has 0 spiro atoms. The van der Waals surface area contributed by atoms with Crippen LogP contribution >= 0.6 is 0 Å². The van der Waals surface area contributed by atoms with E-state index in [0.29, 0.717) is 17.7 Å². The number of nitrogens with zero attached hydrogens (tertiary/aromatic N) is 5. The largest absolute Gasteiger partial charge is 0.341 e. The van der Waals surface area contributed by atoms with Gasteiger partial charge in [0, 0.05) is 29.8 Å². The molecule has 2 heterocycles. The average molecular weight is 400 g/mol. The summed E-state index contributed by atoms with van der Waals surface area (Å²) in [6, 6.07) is 14.6. The molecular formula is C22H20N6O2. The summed E-state index contributed by atoms with van der Waals surface area (Å²) in [5, 5.41) is 13.8. The maximum atomic E-state index is 12.4. The first-order valence-electron chi connectivity index (χ1n) is 9.72. The summed E-state index contributed by atoms with van der Waals surface area (Å²) in [6.45, 7) is 0.991. The highest BCUT2D eigenvalue weighted by molar-refractivity contribution is 5.95. The number of rotatable bonds is 4. The molecule has 1 saturated heterocycles. The highest BCUT2D eigenvalue weighted by Crippen LogP contribution is 2.21. The summed E-state index contributed by atoms with van der Waals surface area (Å²) in [5.74, 6) is 5.93. The Labute approximate surface area is 173 Å². The highest BCUT2D eigenvalue weighted by atomic mass is 16.2. The Morgan fingerprint density at radius 1 is 1.10 bits per heavy atom. The molecule has 4 rings (SSSR count). The molecule has 0 bridgehead atoms. The lowest BCUT2D eigenvalue weighted by atomic mass is 10.1. The number of tetrazole rings is 1. The quantitative estimate of drug-likeness (QED) is 0.676. The van der Waals surface area contributed by atoms with Gasteiger partial charge in [-0.3, -0.25) is 9.59 Å². The number of nitrogens with one attached hydrogen (secondary N) is 1. The molecule has 2 aromatic carbocycles. The van der Waals surface area contributed by atoms with Crippen LogP contribution in [0.3, 0.4) is 0 Å². The van der Waals surface area contributed by atoms with Crippen molar-refractivity contribution >= 4 is 17.5 Å². The minimum Gasteiger partial charge on any atom is -0.341 e. The van der Waals surface area contributed by atoms with Gasteiger partial charge in [-0.1, -0.05) is 17.9 Å². The maximum Gasteiger partial charge on any atom is 0.252 e. The summed E-state index contributed by atoms with van der Waals surface area (Å²) in [6.07, 6.45) is 4.08. The highest BCUT2D eigenvalue weighted by Gasteiger charge is 2.19. The SMILES string of the molecule is O=C(NCC#Cc1ccc(N2CCCCC2=O)cc1)c1cccc(-n2cnnn2)c1. The van der Waals surface area contributed by atoms with Gasteiger partial charge in [0.05, 0.1) is 12.2 Å². The first-order chi connectivity index (χ1) is 14.7. The van der Waals surface area contributed by atoms with Gasteiger partial charge in [-0.05, 0) is 65.7 Å². The second-order valence-corrected chi connectivity index (χ2v) is 6.84. The second-order valence-electron chi connectivity index (χ2n) is 6.84. The molecule has 1 fully saturated rings. The van der Waals surface area contributed by atoms with Gasteiger partial charge in [-0.25, -0.2) is 4.68 Å². The summed E-state index contributed by atoms with van der Waals surface area (Å²) < 4.78 is 1.48. The van der Waals surface area contributed by atoms with Crippen molar-refractivity contribution in [2.75, 3.05) is 18.0 Å². The molecule has 0 unspecified atom stereocenters. The molecule has 3 aromatic rings. The predicted octanol–water partition coefficient (Wildman–Crippen LogP) is 1.96. The summed E-state index contributed by atoms with van der Waals surface area (Å²) in [7, 11) is 0. The van der Waals surface area contributed by atoms with Gasteiger partial charge < -0.3 is 10.2 Å². The molecular weight excluding hydrogens is 380 g/mol. The minimum atomic E-state index is -0.224. The van der Waals surface area contributed by atoms with Gasteiger partial charge in [0.15, 0.2) is 0 Å². The number of amides is 2. The van der Waals surface area contributed by atoms with Crippen LogP contribution in [-0.2, 0) is 4.79 Å². The summed E-state index contributed by atoms with van der Waals surface area (Å²) in [4.78, 5) is 26.2. The van der Waals surface area contributed by atoms with Crippen molar-refractivity contribution in [1.82, 2.24) is 25.5 Å². The number of hydrogen-bond acceptors (Lipinski definition) is 5. The van der Waals surface area contributed by atoms with Crippen molar-refractivity contribution in [2.24, 2.45) is 0 Å². The first-order valence-corrected chi connectivity index (χ1v) is 9.72. The fourth-order valence-corrected chi connectivity index (χ4v) is 3.25. The molecule has 2 amide bonds. The lowest BCUT2D eigenvalue weighted by molar-refractivity contribution is -0.119. The van der Waals surface area contributed by atoms with E-state index >= 15 is 0 Å². The van der Waals surface area contributed by atoms with E-state index < -0.39 is 0 Å². The lowest BCUT2D eigenvalue weighted by Crippen LogP contribution is -2.35. The van der Waals surface area contributed by atoms with Gasteiger partial charge in [-0.2, -0.15) is 0 Å². The Bertz CT molecular complexity index is 1100. The number of piperidine rings is 1. The van der Waals surface area contributed by atoms with Crippen LogP contribution in [0.2, 0.25) is 0 Å². The van der Waals surface area contributed by atoms with E-state index in [2.05, 4.69) is 32.7 Å². The Balaban J connectivity index is 1.33. The average Bonchev–Trinajstić information content (AvgIpc) is 3.33. The molecule has 8 heteroatoms. The van der Waals surface area contributed by atoms with Crippen LogP contribution in [0.1, 0.15) is 35.2 Å². The number of carbonyl (C=O) groups excluding carboxylic acids is 2. The van der Waals surface area contributed by atoms with E-state index in [-0.39, 0.29) is 18.4 Å². The van der Waals surface area contributed by atoms with E-state index in [1.807, 2.05) is 35.2 Å². The first kappa shape index (κ1) is 19.3. The van der Waals surface area contributed by atoms with Crippen LogP contribution in [0.4, 0.5) is 5.69 Å². The van der Waals surface area contributed by atoms with E-state index in [0.717, 1.165) is 30.6 Å². The van der Waals surface area contributed by atoms with E-state index in [1.54, 1.807) is 18.2 Å². The molecule has 1 aliphatic heterocycles. The zero-order valence-corrected chi connectivity index (χ0v) is 16.3. The van der Waals surface area contributed by atoms with Crippen LogP contribution in [0.25, 0.3) is 5.69 Å². The number of hydrogen-bond donors (Lipinski definition) is 1. The summed E-state index contributed by atoms with van der Waals surface area (Å²) in [5.41, 5.74) is 2.94. The fourth-order valence-electron chi connectivity index (χ4n) is 3.25. The Hall–Kier alpha value is -3.99. The van der Waals surface area contributed by atoms with Crippen LogP contribution < -0.4 is 10.2 Å². The molecule has 1 aliphatic rings. The molecule has 8 nitrogen and oxygen atoms in total. The van der Waals surface area contributed by atoms with Gasteiger partial charge in [0.25, 0.3) is 5.91 Å². The number of anilines is 1. The van der Waals surface area contributed by atoms with Crippen LogP contribution in [0, 0.1) is 11.8 Å². The minimum absolute atomic E-state index is 0.173. The number of aromatic nitrogens is 4. The van der Waals surface area contributed by atoms with Crippen molar-refractivity contribution in [3.8, 4) is 17.5 Å². The fraction of sp³-hybridized carbons (Fsp3) is 0.227. The molecule has 30 heavy (non-hydrogen) atoms. The van der Waals surface area contributed by atoms with Crippen LogP contribution in [0.15, 0.2) is 54.9 Å². The predicted molar refractivity (Wildman–Crippen MR) is 111 cm³/mol. The third-order valence-corrected chi connectivity index (χ3v) is 4.79. The third-order valence-electron chi connectivity index (χ3n) is 4.79. The van der Waals surface area contributed by atoms with Crippen molar-refractivity contribution < 1.29 is 9.59 Å². The zero-order chi connectivity index (χ0) is 20.8. The summed E-state index contributed by atoms with van der Waals surface area (Å²) >= 11 is 0. The van der Waals surface area contributed by atoms with Crippen molar-refractivity contribution in [3.05, 3.63) is 66.0 Å². The topological polar surface area (TPSA) is 93.0 Å². The Morgan fingerprint density at radius 3 is 2.73 bits per heavy atom. The molecule has 0 atom stereocenters. The van der Waals surface area contributed by atoms with Crippen molar-refractivity contribution in [2.45, 2.75) is 19.3 Å². The smallest absolute Gasteiger partial charge is 0.252 e. The second kappa shape index (κ2) is 9.01. The molecule has 0 aliphatic carbocycles. The molecule has 1 N–H and O–H groups in total. The van der Waals surface area contributed by atoms with E-state index in [4.69, 9.17) is 0 Å².